The topological polar surface area (TPSA) is 89.1 Å². The molecule has 0 aromatic carbocycles. The highest BCUT2D eigenvalue weighted by Crippen LogP contribution is 2.18. The van der Waals surface area contributed by atoms with Crippen LogP contribution in [0, 0.1) is 5.41 Å². The van der Waals surface area contributed by atoms with E-state index in [2.05, 4.69) is 9.72 Å². The number of aromatic nitrogens is 1. The van der Waals surface area contributed by atoms with Crippen molar-refractivity contribution in [3.63, 3.8) is 0 Å². The van der Waals surface area contributed by atoms with E-state index >= 15 is 0 Å². The van der Waals surface area contributed by atoms with Crippen LogP contribution < -0.4 is 5.73 Å². The molecule has 3 N–H and O–H groups in total. The molecule has 0 radical (unpaired) electrons. The molecule has 0 amide bonds. The molecule has 0 unspecified atom stereocenters. The maximum Gasteiger partial charge on any atom is 0.356 e. The van der Waals surface area contributed by atoms with Gasteiger partial charge in [0.2, 0.25) is 0 Å². The second kappa shape index (κ2) is 4.74. The smallest absolute Gasteiger partial charge is 0.356 e. The van der Waals surface area contributed by atoms with Crippen LogP contribution in [-0.2, 0) is 9.53 Å². The first-order valence-electron chi connectivity index (χ1n) is 4.90. The summed E-state index contributed by atoms with van der Waals surface area (Å²) in [6.45, 7) is 4.00. The number of hydrogen-bond acceptors (Lipinski definition) is 5. The SMILES string of the molecule is COC(=O)C(=N)c1cc(C(C)C)cnc1N. The van der Waals surface area contributed by atoms with E-state index < -0.39 is 5.97 Å². The van der Waals surface area contributed by atoms with Gasteiger partial charge in [-0.15, -0.1) is 0 Å². The average molecular weight is 221 g/mol. The van der Waals surface area contributed by atoms with Gasteiger partial charge in [-0.05, 0) is 17.5 Å². The number of nitrogens with two attached hydrogens (primary N) is 1. The van der Waals surface area contributed by atoms with Crippen molar-refractivity contribution in [3.05, 3.63) is 23.4 Å². The third kappa shape index (κ3) is 2.36. The van der Waals surface area contributed by atoms with Crippen molar-refractivity contribution in [1.29, 1.82) is 5.41 Å². The van der Waals surface area contributed by atoms with E-state index in [0.29, 0.717) is 5.56 Å². The molecular weight excluding hydrogens is 206 g/mol. The van der Waals surface area contributed by atoms with Crippen LogP contribution in [0.25, 0.3) is 0 Å². The fraction of sp³-hybridized carbons (Fsp3) is 0.364. The van der Waals surface area contributed by atoms with E-state index in [-0.39, 0.29) is 17.4 Å². The molecule has 1 heterocycles. The van der Waals surface area contributed by atoms with Crippen molar-refractivity contribution in [2.75, 3.05) is 12.8 Å². The van der Waals surface area contributed by atoms with Crippen molar-refractivity contribution in [2.45, 2.75) is 19.8 Å². The molecule has 0 bridgehead atoms. The summed E-state index contributed by atoms with van der Waals surface area (Å²) in [5.41, 5.74) is 6.60. The van der Waals surface area contributed by atoms with Crippen LogP contribution in [0.4, 0.5) is 5.82 Å². The standard InChI is InChI=1S/C11H15N3O2/c1-6(2)7-4-8(10(13)14-5-7)9(12)11(15)16-3/h4-6,12H,1-3H3,(H2,13,14). The number of esters is 1. The van der Waals surface area contributed by atoms with E-state index in [1.54, 1.807) is 12.3 Å². The number of ether oxygens (including phenoxy) is 1. The Labute approximate surface area is 94.1 Å². The average Bonchev–Trinajstić information content (AvgIpc) is 2.27. The van der Waals surface area contributed by atoms with Crippen LogP contribution in [0.15, 0.2) is 12.3 Å². The molecular formula is C11H15N3O2. The monoisotopic (exact) mass is 221 g/mol. The van der Waals surface area contributed by atoms with Gasteiger partial charge >= 0.3 is 5.97 Å². The van der Waals surface area contributed by atoms with E-state index in [9.17, 15) is 4.79 Å². The Kier molecular flexibility index (Phi) is 3.60. The van der Waals surface area contributed by atoms with Gasteiger partial charge in [-0.2, -0.15) is 0 Å². The van der Waals surface area contributed by atoms with Gasteiger partial charge in [0.1, 0.15) is 5.82 Å². The van der Waals surface area contributed by atoms with Crippen LogP contribution in [-0.4, -0.2) is 23.8 Å². The minimum Gasteiger partial charge on any atom is -0.464 e. The number of pyridine rings is 1. The number of nitrogen functional groups attached to an aromatic ring is 1. The molecule has 1 rings (SSSR count). The van der Waals surface area contributed by atoms with Crippen molar-refractivity contribution < 1.29 is 9.53 Å². The van der Waals surface area contributed by atoms with Crippen molar-refractivity contribution in [2.24, 2.45) is 0 Å². The number of carbonyl (C=O) groups excluding carboxylic acids is 1. The number of methoxy groups -OCH3 is 1. The molecule has 0 atom stereocenters. The molecule has 1 aromatic heterocycles. The molecule has 0 aliphatic heterocycles. The molecule has 5 nitrogen and oxygen atoms in total. The summed E-state index contributed by atoms with van der Waals surface area (Å²) < 4.78 is 4.47. The third-order valence-electron chi connectivity index (χ3n) is 2.27. The fourth-order valence-electron chi connectivity index (χ4n) is 1.22. The van der Waals surface area contributed by atoms with Crippen LogP contribution in [0.3, 0.4) is 0 Å². The van der Waals surface area contributed by atoms with E-state index in [1.807, 2.05) is 13.8 Å². The molecule has 16 heavy (non-hydrogen) atoms. The van der Waals surface area contributed by atoms with Crippen LogP contribution >= 0.6 is 0 Å². The summed E-state index contributed by atoms with van der Waals surface area (Å²) >= 11 is 0. The predicted octanol–water partition coefficient (Wildman–Crippen LogP) is 1.33. The van der Waals surface area contributed by atoms with E-state index in [4.69, 9.17) is 11.1 Å². The molecule has 1 aromatic rings. The van der Waals surface area contributed by atoms with Crippen molar-refractivity contribution in [1.82, 2.24) is 4.98 Å². The number of nitrogens with zero attached hydrogens (tertiary/aromatic N) is 1. The van der Waals surface area contributed by atoms with E-state index in [0.717, 1.165) is 5.56 Å². The molecule has 5 heteroatoms. The minimum absolute atomic E-state index is 0.166. The van der Waals surface area contributed by atoms with Crippen LogP contribution in [0.2, 0.25) is 0 Å². The highest BCUT2D eigenvalue weighted by Gasteiger charge is 2.17. The summed E-state index contributed by atoms with van der Waals surface area (Å²) in [4.78, 5) is 15.2. The maximum absolute atomic E-state index is 11.2. The lowest BCUT2D eigenvalue weighted by Gasteiger charge is -2.09. The van der Waals surface area contributed by atoms with Gasteiger partial charge in [0.25, 0.3) is 0 Å². The van der Waals surface area contributed by atoms with Gasteiger partial charge in [0.15, 0.2) is 5.71 Å². The first-order chi connectivity index (χ1) is 7.47. The van der Waals surface area contributed by atoms with Gasteiger partial charge < -0.3 is 10.5 Å². The fourth-order valence-corrected chi connectivity index (χ4v) is 1.22. The number of hydrogen-bond donors (Lipinski definition) is 2. The molecule has 0 saturated carbocycles. The van der Waals surface area contributed by atoms with Crippen molar-refractivity contribution in [3.8, 4) is 0 Å². The Morgan fingerprint density at radius 1 is 1.56 bits per heavy atom. The van der Waals surface area contributed by atoms with Crippen molar-refractivity contribution >= 4 is 17.5 Å². The molecule has 86 valence electrons. The maximum atomic E-state index is 11.2. The zero-order chi connectivity index (χ0) is 12.3. The zero-order valence-electron chi connectivity index (χ0n) is 9.57. The van der Waals surface area contributed by atoms with Gasteiger partial charge in [0, 0.05) is 11.8 Å². The lowest BCUT2D eigenvalue weighted by atomic mass is 10.0. The molecule has 0 aliphatic carbocycles. The summed E-state index contributed by atoms with van der Waals surface area (Å²) in [6, 6.07) is 1.70. The third-order valence-corrected chi connectivity index (χ3v) is 2.27. The summed E-state index contributed by atoms with van der Waals surface area (Å²) in [6.07, 6.45) is 1.65. The van der Waals surface area contributed by atoms with Gasteiger partial charge in [-0.1, -0.05) is 13.8 Å². The second-order valence-electron chi connectivity index (χ2n) is 3.72. The van der Waals surface area contributed by atoms with Crippen LogP contribution in [0.1, 0.15) is 30.9 Å². The largest absolute Gasteiger partial charge is 0.464 e. The number of nitrogens with one attached hydrogen (secondary N) is 1. The minimum atomic E-state index is -0.714. The second-order valence-corrected chi connectivity index (χ2v) is 3.72. The molecule has 0 saturated heterocycles. The quantitative estimate of drug-likeness (QED) is 0.595. The first-order valence-corrected chi connectivity index (χ1v) is 4.90. The highest BCUT2D eigenvalue weighted by atomic mass is 16.5. The number of anilines is 1. The Morgan fingerprint density at radius 3 is 2.69 bits per heavy atom. The summed E-state index contributed by atoms with van der Waals surface area (Å²) in [5.74, 6) is -0.286. The van der Waals surface area contributed by atoms with Gasteiger partial charge in [0.05, 0.1) is 7.11 Å². The predicted molar refractivity (Wildman–Crippen MR) is 61.6 cm³/mol. The normalized spacial score (nSPS) is 10.2. The van der Waals surface area contributed by atoms with Gasteiger partial charge in [-0.25, -0.2) is 9.78 Å². The Hall–Kier alpha value is -1.91. The van der Waals surface area contributed by atoms with E-state index in [1.165, 1.54) is 7.11 Å². The van der Waals surface area contributed by atoms with Gasteiger partial charge in [-0.3, -0.25) is 5.41 Å². The lowest BCUT2D eigenvalue weighted by Crippen LogP contribution is -2.18. The summed E-state index contributed by atoms with van der Waals surface area (Å²) in [7, 11) is 1.23. The first kappa shape index (κ1) is 12.2. The number of rotatable bonds is 3. The zero-order valence-corrected chi connectivity index (χ0v) is 9.57. The Balaban J connectivity index is 3.17. The molecule has 0 aliphatic rings. The molecule has 0 fully saturated rings. The number of carbonyl (C=O) groups is 1. The summed E-state index contributed by atoms with van der Waals surface area (Å²) in [5, 5.41) is 7.62. The highest BCUT2D eigenvalue weighted by molar-refractivity contribution is 6.42. The Bertz CT molecular complexity index is 427. The Morgan fingerprint density at radius 2 is 2.19 bits per heavy atom. The molecule has 0 spiro atoms. The lowest BCUT2D eigenvalue weighted by molar-refractivity contribution is -0.132. The van der Waals surface area contributed by atoms with Crippen LogP contribution in [0.5, 0.6) is 0 Å².